The van der Waals surface area contributed by atoms with Gasteiger partial charge in [0.05, 0.1) is 0 Å². The van der Waals surface area contributed by atoms with Crippen LogP contribution < -0.4 is 5.32 Å². The molecule has 20 heavy (non-hydrogen) atoms. The lowest BCUT2D eigenvalue weighted by molar-refractivity contribution is -0.146. The van der Waals surface area contributed by atoms with Gasteiger partial charge in [-0.1, -0.05) is 0 Å². The Morgan fingerprint density at radius 2 is 1.75 bits per heavy atom. The van der Waals surface area contributed by atoms with Crippen molar-refractivity contribution in [3.05, 3.63) is 0 Å². The number of aliphatic hydroxyl groups is 1. The summed E-state index contributed by atoms with van der Waals surface area (Å²) in [6.07, 6.45) is -0.785. The van der Waals surface area contributed by atoms with Crippen molar-refractivity contribution >= 4 is 17.9 Å². The number of carboxylic acids is 1. The predicted octanol–water partition coefficient (Wildman–Crippen LogP) is -0.914. The van der Waals surface area contributed by atoms with Crippen LogP contribution in [0, 0.1) is 0 Å². The molecule has 0 spiro atoms. The fraction of sp³-hybridized carbons (Fsp3) is 0.750. The summed E-state index contributed by atoms with van der Waals surface area (Å²) in [5, 5.41) is 20.2. The number of hydrogen-bond donors (Lipinski definition) is 3. The summed E-state index contributed by atoms with van der Waals surface area (Å²) in [4.78, 5) is 36.8. The van der Waals surface area contributed by atoms with E-state index < -0.39 is 12.1 Å². The van der Waals surface area contributed by atoms with E-state index in [4.69, 9.17) is 10.2 Å². The lowest BCUT2D eigenvalue weighted by Crippen LogP contribution is -2.43. The Bertz CT molecular complexity index is 374. The van der Waals surface area contributed by atoms with Crippen LogP contribution in [0.3, 0.4) is 0 Å². The molecule has 0 aromatic heterocycles. The van der Waals surface area contributed by atoms with Crippen molar-refractivity contribution in [2.24, 2.45) is 0 Å². The molecule has 1 rings (SSSR count). The molecule has 0 aromatic rings. The third-order valence-electron chi connectivity index (χ3n) is 3.21. The van der Waals surface area contributed by atoms with Crippen LogP contribution in [0.4, 0.5) is 4.79 Å². The zero-order valence-corrected chi connectivity index (χ0v) is 11.5. The van der Waals surface area contributed by atoms with Crippen LogP contribution in [0.1, 0.15) is 19.8 Å². The minimum atomic E-state index is -1.47. The molecule has 1 heterocycles. The van der Waals surface area contributed by atoms with Gasteiger partial charge in [-0.2, -0.15) is 0 Å². The van der Waals surface area contributed by atoms with Gasteiger partial charge in [0.2, 0.25) is 5.91 Å². The van der Waals surface area contributed by atoms with Crippen LogP contribution in [0.5, 0.6) is 0 Å². The third-order valence-corrected chi connectivity index (χ3v) is 3.21. The number of carbonyl (C=O) groups excluding carboxylic acids is 2. The predicted molar refractivity (Wildman–Crippen MR) is 70.1 cm³/mol. The van der Waals surface area contributed by atoms with Crippen LogP contribution >= 0.6 is 0 Å². The van der Waals surface area contributed by atoms with Crippen molar-refractivity contribution in [1.82, 2.24) is 15.1 Å². The molecule has 1 unspecified atom stereocenters. The molecule has 3 amide bonds. The van der Waals surface area contributed by atoms with Gasteiger partial charge in [-0.15, -0.1) is 0 Å². The van der Waals surface area contributed by atoms with Crippen LogP contribution in [0.2, 0.25) is 0 Å². The molecule has 1 fully saturated rings. The second-order valence-electron chi connectivity index (χ2n) is 4.72. The number of aliphatic hydroxyl groups excluding tert-OH is 1. The molecule has 8 nitrogen and oxygen atoms in total. The first-order valence-electron chi connectivity index (χ1n) is 6.61. The van der Waals surface area contributed by atoms with Gasteiger partial charge in [0.15, 0.2) is 6.10 Å². The summed E-state index contributed by atoms with van der Waals surface area (Å²) >= 11 is 0. The van der Waals surface area contributed by atoms with Crippen molar-refractivity contribution in [2.75, 3.05) is 32.7 Å². The Kier molecular flexibility index (Phi) is 6.23. The van der Waals surface area contributed by atoms with Crippen LogP contribution in [0.25, 0.3) is 0 Å². The highest BCUT2D eigenvalue weighted by atomic mass is 16.4. The number of carboxylic acid groups (broad SMARTS) is 1. The molecule has 0 radical (unpaired) electrons. The normalized spacial score (nSPS) is 17.3. The van der Waals surface area contributed by atoms with E-state index in [0.717, 1.165) is 0 Å². The molecule has 0 aromatic carbocycles. The summed E-state index contributed by atoms with van der Waals surface area (Å²) in [5.41, 5.74) is 0. The number of nitrogens with zero attached hydrogens (tertiary/aromatic N) is 2. The van der Waals surface area contributed by atoms with E-state index in [0.29, 0.717) is 32.6 Å². The monoisotopic (exact) mass is 287 g/mol. The van der Waals surface area contributed by atoms with Crippen molar-refractivity contribution < 1.29 is 24.6 Å². The number of carbonyl (C=O) groups is 3. The average molecular weight is 287 g/mol. The zero-order chi connectivity index (χ0) is 15.1. The Morgan fingerprint density at radius 3 is 2.35 bits per heavy atom. The lowest BCUT2D eigenvalue weighted by Gasteiger charge is -2.21. The van der Waals surface area contributed by atoms with Gasteiger partial charge in [0, 0.05) is 46.1 Å². The Morgan fingerprint density at radius 1 is 1.15 bits per heavy atom. The highest BCUT2D eigenvalue weighted by Crippen LogP contribution is 2.03. The van der Waals surface area contributed by atoms with Crippen molar-refractivity contribution in [1.29, 1.82) is 0 Å². The number of hydrogen-bond acceptors (Lipinski definition) is 4. The maximum Gasteiger partial charge on any atom is 0.332 e. The third kappa shape index (κ3) is 5.04. The van der Waals surface area contributed by atoms with E-state index in [1.54, 1.807) is 9.80 Å². The summed E-state index contributed by atoms with van der Waals surface area (Å²) in [6.45, 7) is 3.74. The van der Waals surface area contributed by atoms with E-state index in [1.807, 2.05) is 0 Å². The first kappa shape index (κ1) is 16.2. The van der Waals surface area contributed by atoms with Crippen molar-refractivity contribution in [3.63, 3.8) is 0 Å². The SMILES string of the molecule is CC(=O)N1CCCN(C(=O)NCCC(O)C(=O)O)CC1. The summed E-state index contributed by atoms with van der Waals surface area (Å²) in [5.74, 6) is -1.30. The number of aliphatic carboxylic acids is 1. The fourth-order valence-electron chi connectivity index (χ4n) is 1.99. The number of rotatable bonds is 4. The highest BCUT2D eigenvalue weighted by Gasteiger charge is 2.20. The van der Waals surface area contributed by atoms with Gasteiger partial charge < -0.3 is 25.3 Å². The fourth-order valence-corrected chi connectivity index (χ4v) is 1.99. The maximum atomic E-state index is 11.9. The largest absolute Gasteiger partial charge is 0.479 e. The van der Waals surface area contributed by atoms with Gasteiger partial charge in [-0.25, -0.2) is 9.59 Å². The van der Waals surface area contributed by atoms with E-state index >= 15 is 0 Å². The molecular weight excluding hydrogens is 266 g/mol. The number of amides is 3. The van der Waals surface area contributed by atoms with E-state index in [9.17, 15) is 14.4 Å². The first-order valence-corrected chi connectivity index (χ1v) is 6.61. The van der Waals surface area contributed by atoms with Crippen LogP contribution in [0.15, 0.2) is 0 Å². The molecule has 0 bridgehead atoms. The topological polar surface area (TPSA) is 110 Å². The van der Waals surface area contributed by atoms with Crippen molar-refractivity contribution in [2.45, 2.75) is 25.9 Å². The van der Waals surface area contributed by atoms with Gasteiger partial charge in [-0.3, -0.25) is 4.79 Å². The summed E-state index contributed by atoms with van der Waals surface area (Å²) in [7, 11) is 0. The molecule has 0 aliphatic carbocycles. The second-order valence-corrected chi connectivity index (χ2v) is 4.72. The standard InChI is InChI=1S/C12H21N3O5/c1-9(16)14-5-2-6-15(8-7-14)12(20)13-4-3-10(17)11(18)19/h10,17H,2-8H2,1H3,(H,13,20)(H,18,19). The van der Waals surface area contributed by atoms with Crippen molar-refractivity contribution in [3.8, 4) is 0 Å². The Balaban J connectivity index is 2.33. The molecule has 8 heteroatoms. The molecule has 114 valence electrons. The number of nitrogens with one attached hydrogen (secondary N) is 1. The number of urea groups is 1. The highest BCUT2D eigenvalue weighted by molar-refractivity contribution is 5.75. The Hall–Kier alpha value is -1.83. The van der Waals surface area contributed by atoms with Gasteiger partial charge in [0.1, 0.15) is 0 Å². The minimum Gasteiger partial charge on any atom is -0.479 e. The van der Waals surface area contributed by atoms with E-state index in [-0.39, 0.29) is 24.9 Å². The maximum absolute atomic E-state index is 11.9. The molecular formula is C12H21N3O5. The molecule has 1 saturated heterocycles. The lowest BCUT2D eigenvalue weighted by atomic mass is 10.2. The van der Waals surface area contributed by atoms with Gasteiger partial charge >= 0.3 is 12.0 Å². The first-order chi connectivity index (χ1) is 9.41. The smallest absolute Gasteiger partial charge is 0.332 e. The summed E-state index contributed by atoms with van der Waals surface area (Å²) in [6, 6.07) is -0.298. The minimum absolute atomic E-state index is 0.00293. The molecule has 3 N–H and O–H groups in total. The second kappa shape index (κ2) is 7.68. The Labute approximate surface area is 117 Å². The molecule has 1 atom stereocenters. The van der Waals surface area contributed by atoms with Crippen LogP contribution in [-0.4, -0.2) is 76.7 Å². The molecule has 1 aliphatic rings. The van der Waals surface area contributed by atoms with Gasteiger partial charge in [0.25, 0.3) is 0 Å². The van der Waals surface area contributed by atoms with E-state index in [2.05, 4.69) is 5.32 Å². The quantitative estimate of drug-likeness (QED) is 0.620. The molecule has 1 aliphatic heterocycles. The molecule has 0 saturated carbocycles. The van der Waals surface area contributed by atoms with Crippen LogP contribution in [-0.2, 0) is 9.59 Å². The van der Waals surface area contributed by atoms with Gasteiger partial charge in [-0.05, 0) is 6.42 Å². The average Bonchev–Trinajstić information content (AvgIpc) is 2.63. The zero-order valence-electron chi connectivity index (χ0n) is 11.5. The summed E-state index contributed by atoms with van der Waals surface area (Å²) < 4.78 is 0. The van der Waals surface area contributed by atoms with E-state index in [1.165, 1.54) is 6.92 Å².